The van der Waals surface area contributed by atoms with E-state index in [2.05, 4.69) is 53.2 Å². The van der Waals surface area contributed by atoms with Crippen molar-refractivity contribution in [2.24, 2.45) is 0 Å². The van der Waals surface area contributed by atoms with Crippen LogP contribution in [0, 0.1) is 27.7 Å². The van der Waals surface area contributed by atoms with Crippen molar-refractivity contribution in [2.75, 3.05) is 23.4 Å². The van der Waals surface area contributed by atoms with E-state index in [0.29, 0.717) is 23.9 Å². The van der Waals surface area contributed by atoms with Crippen LogP contribution < -0.4 is 19.7 Å². The molecular formula is C43H46N10O6S2. The Hall–Kier alpha value is -7.31. The van der Waals surface area contributed by atoms with Gasteiger partial charge in [-0.3, -0.25) is 29.0 Å². The summed E-state index contributed by atoms with van der Waals surface area (Å²) in [7, 11) is 0. The lowest BCUT2D eigenvalue weighted by molar-refractivity contribution is -0.139. The third-order valence-electron chi connectivity index (χ3n) is 8.64. The highest BCUT2D eigenvalue weighted by Crippen LogP contribution is 2.20. The molecule has 18 heteroatoms. The molecule has 0 unspecified atom stereocenters. The molecule has 0 aliphatic carbocycles. The van der Waals surface area contributed by atoms with Crippen molar-refractivity contribution in [1.82, 2.24) is 39.5 Å². The molecule has 0 fully saturated rings. The van der Waals surface area contributed by atoms with Gasteiger partial charge in [-0.05, 0) is 103 Å². The Labute approximate surface area is 360 Å². The number of carboxylic acids is 1. The fourth-order valence-corrected chi connectivity index (χ4v) is 6.41. The first-order valence-corrected chi connectivity index (χ1v) is 20.5. The van der Waals surface area contributed by atoms with E-state index in [4.69, 9.17) is 14.6 Å². The SMILES string of the molecule is Cc1ccc(OCC(=O)N(Cc2cccs2)c2ccn[nH]2)cc1C.Cc1ccc(OCC(=O)O)cc1C.O=C(n1ccnc1)n1ccnc1.c1csc(CNc2ccn[nH]2)c1. The second-order valence-electron chi connectivity index (χ2n) is 13.1. The number of carbonyl (C=O) groups is 3. The normalized spacial score (nSPS) is 10.2. The molecule has 0 aliphatic rings. The maximum atomic E-state index is 12.7. The minimum Gasteiger partial charge on any atom is -0.484 e. The number of thiophene rings is 2. The molecular weight excluding hydrogens is 817 g/mol. The van der Waals surface area contributed by atoms with Crippen LogP contribution in [0.5, 0.6) is 11.5 Å². The molecule has 4 N–H and O–H groups in total. The zero-order chi connectivity index (χ0) is 43.4. The maximum Gasteiger partial charge on any atom is 0.341 e. The van der Waals surface area contributed by atoms with E-state index in [1.165, 1.54) is 37.8 Å². The molecule has 61 heavy (non-hydrogen) atoms. The number of aryl methyl sites for hydroxylation is 4. The van der Waals surface area contributed by atoms with Gasteiger partial charge in [-0.1, -0.05) is 24.3 Å². The van der Waals surface area contributed by atoms with Crippen LogP contribution in [0.4, 0.5) is 16.4 Å². The molecule has 0 aliphatic heterocycles. The van der Waals surface area contributed by atoms with Gasteiger partial charge in [-0.15, -0.1) is 22.7 Å². The molecule has 0 saturated heterocycles. The van der Waals surface area contributed by atoms with E-state index in [0.717, 1.165) is 28.4 Å². The van der Waals surface area contributed by atoms with E-state index in [9.17, 15) is 14.4 Å². The molecule has 0 bridgehead atoms. The topological polar surface area (TPSA) is 198 Å². The number of benzene rings is 2. The van der Waals surface area contributed by atoms with Crippen molar-refractivity contribution in [1.29, 1.82) is 0 Å². The average Bonchev–Trinajstić information content (AvgIpc) is 4.10. The van der Waals surface area contributed by atoms with Gasteiger partial charge in [-0.25, -0.2) is 19.6 Å². The number of hydrogen-bond donors (Lipinski definition) is 4. The molecule has 6 heterocycles. The van der Waals surface area contributed by atoms with Crippen molar-refractivity contribution in [3.63, 3.8) is 0 Å². The fourth-order valence-electron chi connectivity index (χ4n) is 5.07. The van der Waals surface area contributed by atoms with Crippen LogP contribution >= 0.6 is 22.7 Å². The van der Waals surface area contributed by atoms with Gasteiger partial charge < -0.3 is 19.9 Å². The number of nitrogens with zero attached hydrogens (tertiary/aromatic N) is 7. The molecule has 1 amide bonds. The van der Waals surface area contributed by atoms with Crippen LogP contribution in [0.1, 0.15) is 32.0 Å². The quantitative estimate of drug-likeness (QED) is 0.0925. The number of amides is 1. The number of aromatic nitrogens is 8. The van der Waals surface area contributed by atoms with Gasteiger partial charge >= 0.3 is 12.0 Å². The predicted octanol–water partition coefficient (Wildman–Crippen LogP) is 8.15. The maximum absolute atomic E-state index is 12.7. The lowest BCUT2D eigenvalue weighted by Crippen LogP contribution is -2.34. The first kappa shape index (κ1) is 44.8. The number of aromatic amines is 2. The summed E-state index contributed by atoms with van der Waals surface area (Å²) in [6.45, 7) is 9.08. The van der Waals surface area contributed by atoms with Crippen LogP contribution in [0.2, 0.25) is 0 Å². The van der Waals surface area contributed by atoms with Gasteiger partial charge in [0.15, 0.2) is 13.2 Å². The van der Waals surface area contributed by atoms with Gasteiger partial charge in [-0.2, -0.15) is 10.2 Å². The van der Waals surface area contributed by atoms with Crippen molar-refractivity contribution >= 4 is 52.2 Å². The van der Waals surface area contributed by atoms with Crippen molar-refractivity contribution < 1.29 is 29.0 Å². The Kier molecular flexibility index (Phi) is 17.1. The summed E-state index contributed by atoms with van der Waals surface area (Å²) < 4.78 is 13.4. The summed E-state index contributed by atoms with van der Waals surface area (Å²) in [5, 5.41) is 29.1. The van der Waals surface area contributed by atoms with E-state index < -0.39 is 5.97 Å². The summed E-state index contributed by atoms with van der Waals surface area (Å²) in [6.07, 6.45) is 12.5. The van der Waals surface area contributed by atoms with Crippen LogP contribution in [0.3, 0.4) is 0 Å². The number of ether oxygens (including phenoxy) is 2. The minimum absolute atomic E-state index is 0.0209. The first-order chi connectivity index (χ1) is 29.5. The highest BCUT2D eigenvalue weighted by atomic mass is 32.1. The number of carbonyl (C=O) groups excluding carboxylic acids is 2. The third-order valence-corrected chi connectivity index (χ3v) is 10.4. The van der Waals surface area contributed by atoms with E-state index in [1.807, 2.05) is 81.6 Å². The van der Waals surface area contributed by atoms with Crippen LogP contribution in [-0.2, 0) is 22.7 Å². The summed E-state index contributed by atoms with van der Waals surface area (Å²) in [5.74, 6) is 1.85. The summed E-state index contributed by atoms with van der Waals surface area (Å²) >= 11 is 3.36. The van der Waals surface area contributed by atoms with Crippen molar-refractivity contribution in [3.05, 3.63) is 165 Å². The first-order valence-electron chi connectivity index (χ1n) is 18.8. The Morgan fingerprint density at radius 3 is 1.75 bits per heavy atom. The Balaban J connectivity index is 0.000000163. The van der Waals surface area contributed by atoms with Gasteiger partial charge in [0, 0.05) is 40.6 Å². The highest BCUT2D eigenvalue weighted by molar-refractivity contribution is 7.10. The second kappa shape index (κ2) is 23.3. The molecule has 0 radical (unpaired) electrons. The molecule has 0 atom stereocenters. The third kappa shape index (κ3) is 14.8. The molecule has 16 nitrogen and oxygen atoms in total. The van der Waals surface area contributed by atoms with Gasteiger partial charge in [0.05, 0.1) is 25.5 Å². The number of imidazole rings is 2. The lowest BCUT2D eigenvalue weighted by Gasteiger charge is -2.20. The van der Waals surface area contributed by atoms with E-state index in [-0.39, 0.29) is 25.2 Å². The number of carboxylic acid groups (broad SMARTS) is 1. The summed E-state index contributed by atoms with van der Waals surface area (Å²) in [5.41, 5.74) is 4.61. The predicted molar refractivity (Wildman–Crippen MR) is 235 cm³/mol. The van der Waals surface area contributed by atoms with Crippen LogP contribution in [-0.4, -0.2) is 75.7 Å². The standard InChI is InChI=1S/C18H19N3O2S.C10H12O3.C8H9N3S.C7H6N4O/c1-13-5-6-15(10-14(13)2)23-12-18(22)21(17-7-8-19-20-17)11-16-4-3-9-24-16;1-7-3-4-9(5-8(7)2)13-6-10(11)12;1-2-7(12-5-1)6-9-8-3-4-10-11-8;12-7(10-3-1-8-5-10)11-4-2-9-6-11/h3-10H,11-12H2,1-2H3,(H,19,20);3-5H,6H2,1-2H3,(H,11,12);1-5H,6H2,(H2,9,10,11);1-6H. The van der Waals surface area contributed by atoms with Gasteiger partial charge in [0.2, 0.25) is 0 Å². The summed E-state index contributed by atoms with van der Waals surface area (Å²) in [6, 6.07) is 23.0. The Morgan fingerprint density at radius 1 is 0.705 bits per heavy atom. The fraction of sp³-hybridized carbons (Fsp3) is 0.186. The molecule has 8 rings (SSSR count). The zero-order valence-corrected chi connectivity index (χ0v) is 35.6. The molecule has 316 valence electrons. The van der Waals surface area contributed by atoms with Gasteiger partial charge in [0.25, 0.3) is 5.91 Å². The van der Waals surface area contributed by atoms with E-state index in [1.54, 1.807) is 76.9 Å². The number of nitrogens with one attached hydrogen (secondary N) is 3. The lowest BCUT2D eigenvalue weighted by atomic mass is 10.1. The number of anilines is 2. The monoisotopic (exact) mass is 862 g/mol. The average molecular weight is 863 g/mol. The Morgan fingerprint density at radius 2 is 1.28 bits per heavy atom. The zero-order valence-electron chi connectivity index (χ0n) is 34.0. The molecule has 0 spiro atoms. The van der Waals surface area contributed by atoms with Crippen LogP contribution in [0.25, 0.3) is 0 Å². The van der Waals surface area contributed by atoms with Crippen molar-refractivity contribution in [2.45, 2.75) is 40.8 Å². The summed E-state index contributed by atoms with van der Waals surface area (Å²) in [4.78, 5) is 45.9. The Bertz CT molecular complexity index is 2400. The van der Waals surface area contributed by atoms with Crippen molar-refractivity contribution in [3.8, 4) is 11.5 Å². The largest absolute Gasteiger partial charge is 0.484 e. The molecule has 6 aromatic heterocycles. The van der Waals surface area contributed by atoms with E-state index >= 15 is 0 Å². The number of aliphatic carboxylic acids is 1. The second-order valence-corrected chi connectivity index (χ2v) is 15.2. The highest BCUT2D eigenvalue weighted by Gasteiger charge is 2.19. The molecule has 8 aromatic rings. The smallest absolute Gasteiger partial charge is 0.341 e. The van der Waals surface area contributed by atoms with Gasteiger partial charge in [0.1, 0.15) is 35.8 Å². The minimum atomic E-state index is -0.960. The molecule has 0 saturated carbocycles. The number of hydrogen-bond acceptors (Lipinski definition) is 12. The number of H-pyrrole nitrogens is 2. The number of rotatable bonds is 12. The molecule has 2 aromatic carbocycles. The van der Waals surface area contributed by atoms with Crippen LogP contribution in [0.15, 0.2) is 133 Å².